The number of aromatic nitrogens is 1. The van der Waals surface area contributed by atoms with Gasteiger partial charge in [0.1, 0.15) is 12.1 Å². The monoisotopic (exact) mass is 408 g/mol. The average Bonchev–Trinajstić information content (AvgIpc) is 2.54. The topological polar surface area (TPSA) is 68.7 Å². The minimum absolute atomic E-state index is 0.183. The molecule has 0 atom stereocenters. The molecule has 0 bridgehead atoms. The highest BCUT2D eigenvalue weighted by atomic mass is 35.5. The number of esters is 1. The first-order valence-corrected chi connectivity index (χ1v) is 8.99. The van der Waals surface area contributed by atoms with Crippen molar-refractivity contribution in [3.63, 3.8) is 0 Å². The van der Waals surface area contributed by atoms with Crippen LogP contribution in [0.15, 0.2) is 30.5 Å². The Morgan fingerprint density at radius 1 is 1.19 bits per heavy atom. The van der Waals surface area contributed by atoms with Gasteiger partial charge in [0.15, 0.2) is 18.2 Å². The minimum Gasteiger partial charge on any atom is -0.480 e. The number of hydrogen-bond acceptors (Lipinski definition) is 5. The first kappa shape index (κ1) is 19.5. The summed E-state index contributed by atoms with van der Waals surface area (Å²) in [6.45, 7) is 4.88. The van der Waals surface area contributed by atoms with E-state index in [1.165, 1.54) is 4.90 Å². The molecule has 8 heteroatoms. The van der Waals surface area contributed by atoms with E-state index in [-0.39, 0.29) is 24.9 Å². The van der Waals surface area contributed by atoms with Crippen molar-refractivity contribution in [1.29, 1.82) is 0 Å². The predicted molar refractivity (Wildman–Crippen MR) is 103 cm³/mol. The van der Waals surface area contributed by atoms with Crippen molar-refractivity contribution in [2.45, 2.75) is 26.4 Å². The maximum atomic E-state index is 12.2. The maximum Gasteiger partial charge on any atom is 0.326 e. The number of ether oxygens (including phenoxy) is 2. The molecule has 1 aromatic carbocycles. The maximum absolute atomic E-state index is 12.2. The highest BCUT2D eigenvalue weighted by Crippen LogP contribution is 2.35. The lowest BCUT2D eigenvalue weighted by Crippen LogP contribution is -2.44. The van der Waals surface area contributed by atoms with Crippen molar-refractivity contribution in [3.05, 3.63) is 40.5 Å². The van der Waals surface area contributed by atoms with E-state index in [2.05, 4.69) is 4.98 Å². The lowest BCUT2D eigenvalue weighted by atomic mass is 10.1. The van der Waals surface area contributed by atoms with Gasteiger partial charge in [-0.1, -0.05) is 23.2 Å². The lowest BCUT2D eigenvalue weighted by molar-refractivity contribution is -0.153. The minimum atomic E-state index is -0.640. The summed E-state index contributed by atoms with van der Waals surface area (Å²) >= 11 is 12.1. The Hall–Kier alpha value is -2.31. The molecule has 6 nitrogen and oxygen atoms in total. The van der Waals surface area contributed by atoms with Crippen LogP contribution in [0.25, 0.3) is 11.1 Å². The Kier molecular flexibility index (Phi) is 5.31. The fourth-order valence-corrected chi connectivity index (χ4v) is 3.15. The van der Waals surface area contributed by atoms with E-state index in [4.69, 9.17) is 32.7 Å². The van der Waals surface area contributed by atoms with Gasteiger partial charge in [-0.2, -0.15) is 0 Å². The number of rotatable bonds is 3. The third kappa shape index (κ3) is 4.70. The molecule has 0 fully saturated rings. The smallest absolute Gasteiger partial charge is 0.326 e. The van der Waals surface area contributed by atoms with E-state index in [0.29, 0.717) is 15.8 Å². The highest BCUT2D eigenvalue weighted by Gasteiger charge is 2.30. The Balaban J connectivity index is 1.90. The fourth-order valence-electron chi connectivity index (χ4n) is 2.63. The second-order valence-electron chi connectivity index (χ2n) is 7.06. The van der Waals surface area contributed by atoms with E-state index < -0.39 is 11.6 Å². The van der Waals surface area contributed by atoms with Crippen molar-refractivity contribution in [3.8, 4) is 16.9 Å². The van der Waals surface area contributed by atoms with Crippen LogP contribution in [0.1, 0.15) is 20.8 Å². The first-order chi connectivity index (χ1) is 12.6. The van der Waals surface area contributed by atoms with Crippen LogP contribution >= 0.6 is 23.2 Å². The largest absolute Gasteiger partial charge is 0.480 e. The van der Waals surface area contributed by atoms with Gasteiger partial charge in [0.25, 0.3) is 5.91 Å². The van der Waals surface area contributed by atoms with Crippen LogP contribution in [-0.4, -0.2) is 35.6 Å². The number of amides is 1. The summed E-state index contributed by atoms with van der Waals surface area (Å²) in [5, 5.41) is 0.996. The molecule has 142 valence electrons. The average molecular weight is 409 g/mol. The molecule has 1 aromatic heterocycles. The molecule has 0 saturated heterocycles. The number of carbonyl (C=O) groups excluding carboxylic acids is 2. The Labute approximate surface area is 167 Å². The predicted octanol–water partition coefficient (Wildman–Crippen LogP) is 4.12. The third-order valence-corrected chi connectivity index (χ3v) is 4.08. The van der Waals surface area contributed by atoms with E-state index in [0.717, 1.165) is 11.1 Å². The molecule has 1 aliphatic rings. The Bertz CT molecular complexity index is 889. The lowest BCUT2D eigenvalue weighted by Gasteiger charge is -2.29. The van der Waals surface area contributed by atoms with Gasteiger partial charge in [0, 0.05) is 21.8 Å². The fraction of sp³-hybridized carbons (Fsp3) is 0.316. The summed E-state index contributed by atoms with van der Waals surface area (Å²) in [6, 6.07) is 6.88. The molecule has 1 aliphatic heterocycles. The molecule has 1 amide bonds. The zero-order chi connectivity index (χ0) is 19.8. The van der Waals surface area contributed by atoms with Crippen LogP contribution in [0, 0.1) is 0 Å². The number of hydrogen-bond donors (Lipinski definition) is 0. The summed E-state index contributed by atoms with van der Waals surface area (Å²) in [7, 11) is 0. The van der Waals surface area contributed by atoms with Gasteiger partial charge >= 0.3 is 5.97 Å². The Morgan fingerprint density at radius 2 is 1.85 bits per heavy atom. The summed E-state index contributed by atoms with van der Waals surface area (Å²) < 4.78 is 10.8. The number of nitrogens with zero attached hydrogens (tertiary/aromatic N) is 2. The summed E-state index contributed by atoms with van der Waals surface area (Å²) in [5.74, 6) is -0.212. The molecule has 2 aromatic rings. The number of pyridine rings is 1. The van der Waals surface area contributed by atoms with Gasteiger partial charge in [-0.3, -0.25) is 14.5 Å². The summed E-state index contributed by atoms with van der Waals surface area (Å²) in [6.07, 6.45) is 1.57. The van der Waals surface area contributed by atoms with Crippen molar-refractivity contribution in [2.24, 2.45) is 0 Å². The van der Waals surface area contributed by atoms with Crippen LogP contribution in [0.4, 0.5) is 5.82 Å². The van der Waals surface area contributed by atoms with Gasteiger partial charge in [0.2, 0.25) is 0 Å². The normalized spacial score (nSPS) is 13.8. The molecule has 2 heterocycles. The van der Waals surface area contributed by atoms with Crippen molar-refractivity contribution in [1.82, 2.24) is 4.98 Å². The molecular weight excluding hydrogens is 391 g/mol. The zero-order valence-electron chi connectivity index (χ0n) is 15.1. The quantitative estimate of drug-likeness (QED) is 0.714. The van der Waals surface area contributed by atoms with Crippen LogP contribution in [0.2, 0.25) is 10.0 Å². The van der Waals surface area contributed by atoms with E-state index >= 15 is 0 Å². The third-order valence-electron chi connectivity index (χ3n) is 3.64. The first-order valence-electron chi connectivity index (χ1n) is 8.24. The number of halogens is 2. The van der Waals surface area contributed by atoms with Crippen LogP contribution in [-0.2, 0) is 14.3 Å². The van der Waals surface area contributed by atoms with Crippen molar-refractivity contribution < 1.29 is 19.1 Å². The van der Waals surface area contributed by atoms with Gasteiger partial charge in [-0.05, 0) is 50.6 Å². The van der Waals surface area contributed by atoms with Gasteiger partial charge in [-0.15, -0.1) is 0 Å². The summed E-state index contributed by atoms with van der Waals surface area (Å²) in [4.78, 5) is 29.9. The number of anilines is 1. The van der Waals surface area contributed by atoms with E-state index in [1.807, 2.05) is 0 Å². The molecule has 0 saturated carbocycles. The SMILES string of the molecule is CC(C)(C)OC(=O)CN1C(=O)COc2cc(-c3cc(Cl)cc(Cl)c3)cnc21. The summed E-state index contributed by atoms with van der Waals surface area (Å²) in [5.41, 5.74) is 0.852. The molecule has 0 aliphatic carbocycles. The molecule has 27 heavy (non-hydrogen) atoms. The van der Waals surface area contributed by atoms with E-state index in [1.54, 1.807) is 51.2 Å². The van der Waals surface area contributed by atoms with Gasteiger partial charge in [-0.25, -0.2) is 4.98 Å². The van der Waals surface area contributed by atoms with Crippen LogP contribution in [0.3, 0.4) is 0 Å². The second-order valence-corrected chi connectivity index (χ2v) is 7.93. The number of fused-ring (bicyclic) bond motifs is 1. The molecule has 0 unspecified atom stereocenters. The van der Waals surface area contributed by atoms with Crippen molar-refractivity contribution in [2.75, 3.05) is 18.1 Å². The molecule has 0 radical (unpaired) electrons. The highest BCUT2D eigenvalue weighted by molar-refractivity contribution is 6.35. The van der Waals surface area contributed by atoms with Crippen molar-refractivity contribution >= 4 is 40.9 Å². The number of benzene rings is 1. The van der Waals surface area contributed by atoms with E-state index in [9.17, 15) is 9.59 Å². The second kappa shape index (κ2) is 7.37. The molecule has 3 rings (SSSR count). The number of carbonyl (C=O) groups is 2. The van der Waals surface area contributed by atoms with Crippen LogP contribution in [0.5, 0.6) is 5.75 Å². The molecule has 0 spiro atoms. The zero-order valence-corrected chi connectivity index (χ0v) is 16.6. The van der Waals surface area contributed by atoms with Gasteiger partial charge < -0.3 is 9.47 Å². The molecule has 0 N–H and O–H groups in total. The standard InChI is InChI=1S/C19H18Cl2N2O4/c1-19(2,3)27-17(25)9-23-16(24)10-26-15-6-12(8-22-18(15)23)11-4-13(20)7-14(21)5-11/h4-8H,9-10H2,1-3H3. The Morgan fingerprint density at radius 3 is 2.48 bits per heavy atom. The molecular formula is C19H18Cl2N2O4. The van der Waals surface area contributed by atoms with Gasteiger partial charge in [0.05, 0.1) is 0 Å². The van der Waals surface area contributed by atoms with Crippen LogP contribution < -0.4 is 9.64 Å².